The van der Waals surface area contributed by atoms with Crippen LogP contribution in [0, 0.1) is 0 Å². The van der Waals surface area contributed by atoms with Crippen LogP contribution in [0.25, 0.3) is 0 Å². The summed E-state index contributed by atoms with van der Waals surface area (Å²) in [5.41, 5.74) is 6.67. The number of nitrogens with two attached hydrogens (primary N) is 1. The summed E-state index contributed by atoms with van der Waals surface area (Å²) in [5.74, 6) is 0.0213. The lowest BCUT2D eigenvalue weighted by atomic mass is 10.1. The monoisotopic (exact) mass is 239 g/mol. The van der Waals surface area contributed by atoms with Crippen molar-refractivity contribution >= 4 is 5.91 Å². The smallest absolute Gasteiger partial charge is 0.244 e. The predicted octanol–water partition coefficient (Wildman–Crippen LogP) is 0.556. The highest BCUT2D eigenvalue weighted by molar-refractivity contribution is 5.75. The van der Waals surface area contributed by atoms with Gasteiger partial charge in [0, 0.05) is 13.6 Å². The number of carbonyl (C=O) groups excluding carboxylic acids is 1. The summed E-state index contributed by atoms with van der Waals surface area (Å²) >= 11 is 0. The normalized spacial score (nSPS) is 12.5. The van der Waals surface area contributed by atoms with Crippen LogP contribution in [-0.2, 0) is 11.3 Å². The maximum Gasteiger partial charge on any atom is 0.244 e. The number of aromatic nitrogens is 3. The molecule has 1 amide bonds. The average molecular weight is 239 g/mol. The van der Waals surface area contributed by atoms with E-state index in [1.165, 1.54) is 0 Å². The van der Waals surface area contributed by atoms with E-state index in [9.17, 15) is 4.79 Å². The maximum atomic E-state index is 11.7. The molecule has 0 spiro atoms. The lowest BCUT2D eigenvalue weighted by Gasteiger charge is -2.13. The van der Waals surface area contributed by atoms with E-state index in [0.29, 0.717) is 6.54 Å². The first-order valence-electron chi connectivity index (χ1n) is 5.98. The molecular formula is C11H21N5O. The fourth-order valence-electron chi connectivity index (χ4n) is 1.46. The summed E-state index contributed by atoms with van der Waals surface area (Å²) in [6.45, 7) is 4.91. The highest BCUT2D eigenvalue weighted by Crippen LogP contribution is 2.11. The number of amides is 1. The van der Waals surface area contributed by atoms with Crippen molar-refractivity contribution in [3.05, 3.63) is 11.9 Å². The molecular weight excluding hydrogens is 218 g/mol. The molecule has 1 heterocycles. The number of hydrogen-bond donors (Lipinski definition) is 1. The maximum absolute atomic E-state index is 11.7. The van der Waals surface area contributed by atoms with E-state index in [1.807, 2.05) is 6.92 Å². The molecule has 1 aromatic heterocycles. The van der Waals surface area contributed by atoms with Crippen LogP contribution in [0.15, 0.2) is 6.20 Å². The van der Waals surface area contributed by atoms with Crippen LogP contribution in [0.5, 0.6) is 0 Å². The number of rotatable bonds is 6. The quantitative estimate of drug-likeness (QED) is 0.786. The Morgan fingerprint density at radius 3 is 2.88 bits per heavy atom. The Balaban J connectivity index is 2.59. The Hall–Kier alpha value is -1.43. The minimum Gasteiger partial charge on any atom is -0.344 e. The third-order valence-corrected chi connectivity index (χ3v) is 2.73. The molecule has 0 aliphatic heterocycles. The van der Waals surface area contributed by atoms with Gasteiger partial charge < -0.3 is 10.6 Å². The summed E-state index contributed by atoms with van der Waals surface area (Å²) in [6.07, 6.45) is 3.63. The van der Waals surface area contributed by atoms with Crippen molar-refractivity contribution in [1.29, 1.82) is 0 Å². The van der Waals surface area contributed by atoms with Gasteiger partial charge in [0.1, 0.15) is 6.54 Å². The van der Waals surface area contributed by atoms with Crippen LogP contribution in [0.1, 0.15) is 38.4 Å². The molecule has 6 nitrogen and oxygen atoms in total. The van der Waals surface area contributed by atoms with Gasteiger partial charge >= 0.3 is 0 Å². The first-order valence-corrected chi connectivity index (χ1v) is 5.98. The first-order chi connectivity index (χ1) is 8.08. The zero-order chi connectivity index (χ0) is 12.8. The lowest BCUT2D eigenvalue weighted by molar-refractivity contribution is -0.130. The topological polar surface area (TPSA) is 77.0 Å². The van der Waals surface area contributed by atoms with Crippen LogP contribution in [0.2, 0.25) is 0 Å². The number of nitrogens with zero attached hydrogens (tertiary/aromatic N) is 4. The summed E-state index contributed by atoms with van der Waals surface area (Å²) < 4.78 is 1.54. The average Bonchev–Trinajstić information content (AvgIpc) is 2.76. The van der Waals surface area contributed by atoms with Gasteiger partial charge in [0.2, 0.25) is 5.91 Å². The van der Waals surface area contributed by atoms with E-state index < -0.39 is 0 Å². The number of likely N-dealkylation sites (N-methyl/N-ethyl adjacent to an activating group) is 1. The first kappa shape index (κ1) is 13.6. The van der Waals surface area contributed by atoms with Crippen LogP contribution < -0.4 is 5.73 Å². The van der Waals surface area contributed by atoms with Gasteiger partial charge in [0.15, 0.2) is 0 Å². The third-order valence-electron chi connectivity index (χ3n) is 2.73. The molecule has 0 aromatic carbocycles. The molecule has 17 heavy (non-hydrogen) atoms. The van der Waals surface area contributed by atoms with E-state index in [-0.39, 0.29) is 18.5 Å². The highest BCUT2D eigenvalue weighted by atomic mass is 16.2. The summed E-state index contributed by atoms with van der Waals surface area (Å²) in [5, 5.41) is 7.91. The summed E-state index contributed by atoms with van der Waals surface area (Å²) in [6, 6.07) is -0.0900. The second-order valence-electron chi connectivity index (χ2n) is 4.14. The second-order valence-corrected chi connectivity index (χ2v) is 4.14. The van der Waals surface area contributed by atoms with Crippen LogP contribution in [0.3, 0.4) is 0 Å². The Labute approximate surface area is 102 Å². The Kier molecular flexibility index (Phi) is 5.09. The molecule has 1 atom stereocenters. The number of carbonyl (C=O) groups is 1. The van der Waals surface area contributed by atoms with Crippen molar-refractivity contribution in [3.8, 4) is 0 Å². The van der Waals surface area contributed by atoms with Crippen molar-refractivity contribution in [2.45, 2.75) is 39.3 Å². The molecule has 0 aliphatic carbocycles. The largest absolute Gasteiger partial charge is 0.344 e. The van der Waals surface area contributed by atoms with Gasteiger partial charge in [0.05, 0.1) is 17.9 Å². The minimum atomic E-state index is -0.0900. The molecule has 2 N–H and O–H groups in total. The molecule has 6 heteroatoms. The van der Waals surface area contributed by atoms with Crippen molar-refractivity contribution < 1.29 is 4.79 Å². The van der Waals surface area contributed by atoms with Crippen molar-refractivity contribution in [3.63, 3.8) is 0 Å². The van der Waals surface area contributed by atoms with Gasteiger partial charge in [-0.25, -0.2) is 4.68 Å². The molecule has 0 saturated carbocycles. The SMILES string of the molecule is CCCC(N)c1cn(CC(=O)N(C)CC)nn1. The Bertz CT molecular complexity index is 362. The van der Waals surface area contributed by atoms with E-state index in [4.69, 9.17) is 5.73 Å². The predicted molar refractivity (Wildman–Crippen MR) is 65.2 cm³/mol. The zero-order valence-corrected chi connectivity index (χ0v) is 10.8. The molecule has 0 saturated heterocycles. The van der Waals surface area contributed by atoms with Crippen LogP contribution in [0.4, 0.5) is 0 Å². The molecule has 1 rings (SSSR count). The van der Waals surface area contributed by atoms with E-state index in [0.717, 1.165) is 18.5 Å². The molecule has 1 unspecified atom stereocenters. The molecule has 0 bridgehead atoms. The second kappa shape index (κ2) is 6.34. The standard InChI is InChI=1S/C11H21N5O/c1-4-6-9(12)10-7-16(14-13-10)8-11(17)15(3)5-2/h7,9H,4-6,8,12H2,1-3H3. The minimum absolute atomic E-state index is 0.0213. The Morgan fingerprint density at radius 2 is 2.29 bits per heavy atom. The van der Waals surface area contributed by atoms with Crippen LogP contribution >= 0.6 is 0 Å². The van der Waals surface area contributed by atoms with Gasteiger partial charge in [-0.15, -0.1) is 5.10 Å². The van der Waals surface area contributed by atoms with E-state index in [2.05, 4.69) is 17.2 Å². The van der Waals surface area contributed by atoms with Gasteiger partial charge in [-0.05, 0) is 13.3 Å². The summed E-state index contributed by atoms with van der Waals surface area (Å²) in [7, 11) is 1.77. The Morgan fingerprint density at radius 1 is 1.59 bits per heavy atom. The van der Waals surface area contributed by atoms with Crippen LogP contribution in [-0.4, -0.2) is 39.4 Å². The molecule has 0 aliphatic rings. The van der Waals surface area contributed by atoms with Crippen molar-refractivity contribution in [2.75, 3.05) is 13.6 Å². The molecule has 0 radical (unpaired) electrons. The summed E-state index contributed by atoms with van der Waals surface area (Å²) in [4.78, 5) is 13.3. The van der Waals surface area contributed by atoms with Gasteiger partial charge in [-0.2, -0.15) is 0 Å². The highest BCUT2D eigenvalue weighted by Gasteiger charge is 2.12. The zero-order valence-electron chi connectivity index (χ0n) is 10.8. The fraction of sp³-hybridized carbons (Fsp3) is 0.727. The van der Waals surface area contributed by atoms with E-state index in [1.54, 1.807) is 22.8 Å². The molecule has 1 aromatic rings. The van der Waals surface area contributed by atoms with E-state index >= 15 is 0 Å². The fourth-order valence-corrected chi connectivity index (χ4v) is 1.46. The molecule has 0 fully saturated rings. The lowest BCUT2D eigenvalue weighted by Crippen LogP contribution is -2.30. The number of hydrogen-bond acceptors (Lipinski definition) is 4. The van der Waals surface area contributed by atoms with Crippen molar-refractivity contribution in [1.82, 2.24) is 19.9 Å². The van der Waals surface area contributed by atoms with Gasteiger partial charge in [-0.1, -0.05) is 18.6 Å². The van der Waals surface area contributed by atoms with Gasteiger partial charge in [0.25, 0.3) is 0 Å². The van der Waals surface area contributed by atoms with Gasteiger partial charge in [-0.3, -0.25) is 4.79 Å². The van der Waals surface area contributed by atoms with Crippen molar-refractivity contribution in [2.24, 2.45) is 5.73 Å². The molecule has 96 valence electrons. The third kappa shape index (κ3) is 3.81.